The first-order chi connectivity index (χ1) is 11.7. The van der Waals surface area contributed by atoms with E-state index in [1.165, 1.54) is 4.31 Å². The van der Waals surface area contributed by atoms with Gasteiger partial charge in [0.2, 0.25) is 22.7 Å². The average molecular weight is 368 g/mol. The lowest BCUT2D eigenvalue weighted by Gasteiger charge is -2.28. The molecular formula is C17H24N2O5S. The molecule has 1 aromatic carbocycles. The van der Waals surface area contributed by atoms with Crippen molar-refractivity contribution in [3.63, 3.8) is 0 Å². The smallest absolute Gasteiger partial charge is 0.238 e. The standard InChI is InChI=1S/C17H24N2O5S/c1-17(2,12-6-7-14-15(9-12)24-11-23-14)10-18-16(20)13-5-4-8-19(13)25(3,21)22/h6-7,9,13H,4-5,8,10-11H2,1-3H3,(H,18,20). The molecule has 0 spiro atoms. The summed E-state index contributed by atoms with van der Waals surface area (Å²) in [5, 5.41) is 2.92. The molecular weight excluding hydrogens is 344 g/mol. The fraction of sp³-hybridized carbons (Fsp3) is 0.588. The summed E-state index contributed by atoms with van der Waals surface area (Å²) < 4.78 is 35.6. The first-order valence-corrected chi connectivity index (χ1v) is 10.2. The van der Waals surface area contributed by atoms with E-state index >= 15 is 0 Å². The minimum atomic E-state index is -3.37. The van der Waals surface area contributed by atoms with Crippen molar-refractivity contribution in [2.24, 2.45) is 0 Å². The summed E-state index contributed by atoms with van der Waals surface area (Å²) in [5.74, 6) is 1.19. The van der Waals surface area contributed by atoms with E-state index in [0.29, 0.717) is 31.7 Å². The Morgan fingerprint density at radius 2 is 2.04 bits per heavy atom. The van der Waals surface area contributed by atoms with E-state index in [1.54, 1.807) is 0 Å². The molecule has 0 aliphatic carbocycles. The van der Waals surface area contributed by atoms with Crippen LogP contribution in [-0.4, -0.2) is 50.8 Å². The van der Waals surface area contributed by atoms with Crippen LogP contribution in [0.2, 0.25) is 0 Å². The molecule has 0 radical (unpaired) electrons. The lowest BCUT2D eigenvalue weighted by molar-refractivity contribution is -0.124. The molecule has 1 atom stereocenters. The molecule has 0 aromatic heterocycles. The first kappa shape index (κ1) is 18.0. The van der Waals surface area contributed by atoms with Crippen LogP contribution in [0.4, 0.5) is 0 Å². The number of amides is 1. The minimum absolute atomic E-state index is 0.221. The number of carbonyl (C=O) groups excluding carboxylic acids is 1. The van der Waals surface area contributed by atoms with Gasteiger partial charge in [0.05, 0.1) is 6.26 Å². The van der Waals surface area contributed by atoms with E-state index in [2.05, 4.69) is 5.32 Å². The zero-order chi connectivity index (χ0) is 18.2. The van der Waals surface area contributed by atoms with E-state index in [1.807, 2.05) is 32.0 Å². The van der Waals surface area contributed by atoms with Gasteiger partial charge in [-0.15, -0.1) is 0 Å². The molecule has 1 amide bonds. The van der Waals surface area contributed by atoms with Crippen LogP contribution in [-0.2, 0) is 20.2 Å². The number of ether oxygens (including phenoxy) is 2. The van der Waals surface area contributed by atoms with E-state index in [4.69, 9.17) is 9.47 Å². The average Bonchev–Trinajstić information content (AvgIpc) is 3.20. The molecule has 25 heavy (non-hydrogen) atoms. The van der Waals surface area contributed by atoms with Crippen LogP contribution in [0.25, 0.3) is 0 Å². The number of sulfonamides is 1. The lowest BCUT2D eigenvalue weighted by atomic mass is 9.84. The maximum atomic E-state index is 12.5. The van der Waals surface area contributed by atoms with E-state index < -0.39 is 16.1 Å². The second-order valence-corrected chi connectivity index (χ2v) is 9.14. The SMILES string of the molecule is CC(C)(CNC(=O)C1CCCN1S(C)(=O)=O)c1ccc2c(c1)OCO2. The Labute approximate surface area is 148 Å². The van der Waals surface area contributed by atoms with Gasteiger partial charge in [-0.1, -0.05) is 19.9 Å². The number of carbonyl (C=O) groups is 1. The van der Waals surface area contributed by atoms with Gasteiger partial charge in [-0.05, 0) is 30.5 Å². The van der Waals surface area contributed by atoms with Gasteiger partial charge in [0.25, 0.3) is 0 Å². The van der Waals surface area contributed by atoms with Gasteiger partial charge in [-0.3, -0.25) is 4.79 Å². The monoisotopic (exact) mass is 368 g/mol. The molecule has 1 fully saturated rings. The third-order valence-corrected chi connectivity index (χ3v) is 6.08. The lowest BCUT2D eigenvalue weighted by Crippen LogP contribution is -2.48. The van der Waals surface area contributed by atoms with Crippen molar-refractivity contribution in [2.45, 2.75) is 38.1 Å². The van der Waals surface area contributed by atoms with Crippen LogP contribution in [0.5, 0.6) is 11.5 Å². The summed E-state index contributed by atoms with van der Waals surface area (Å²) in [4.78, 5) is 12.5. The molecule has 3 rings (SSSR count). The molecule has 138 valence electrons. The van der Waals surface area contributed by atoms with Crippen molar-refractivity contribution in [3.05, 3.63) is 23.8 Å². The maximum absolute atomic E-state index is 12.5. The second kappa shape index (κ2) is 6.49. The molecule has 2 aliphatic heterocycles. The zero-order valence-electron chi connectivity index (χ0n) is 14.7. The molecule has 1 unspecified atom stereocenters. The predicted molar refractivity (Wildman–Crippen MR) is 93.2 cm³/mol. The summed E-state index contributed by atoms with van der Waals surface area (Å²) in [6.45, 7) is 5.07. The van der Waals surface area contributed by atoms with Crippen LogP contribution >= 0.6 is 0 Å². The number of fused-ring (bicyclic) bond motifs is 1. The number of nitrogens with zero attached hydrogens (tertiary/aromatic N) is 1. The van der Waals surface area contributed by atoms with Gasteiger partial charge in [0.15, 0.2) is 11.5 Å². The predicted octanol–water partition coefficient (Wildman–Crippen LogP) is 1.23. The number of benzene rings is 1. The van der Waals surface area contributed by atoms with Crippen molar-refractivity contribution in [1.82, 2.24) is 9.62 Å². The third-order valence-electron chi connectivity index (χ3n) is 4.79. The van der Waals surface area contributed by atoms with Gasteiger partial charge in [0, 0.05) is 18.5 Å². The first-order valence-electron chi connectivity index (χ1n) is 8.33. The number of nitrogens with one attached hydrogen (secondary N) is 1. The normalized spacial score (nSPS) is 20.7. The Balaban J connectivity index is 1.66. The molecule has 0 saturated carbocycles. The van der Waals surface area contributed by atoms with Gasteiger partial charge < -0.3 is 14.8 Å². The molecule has 7 nitrogen and oxygen atoms in total. The van der Waals surface area contributed by atoms with E-state index in [9.17, 15) is 13.2 Å². The highest BCUT2D eigenvalue weighted by atomic mass is 32.2. The van der Waals surface area contributed by atoms with Gasteiger partial charge in [0.1, 0.15) is 6.04 Å². The van der Waals surface area contributed by atoms with Crippen molar-refractivity contribution in [3.8, 4) is 11.5 Å². The fourth-order valence-corrected chi connectivity index (χ4v) is 4.37. The van der Waals surface area contributed by atoms with Crippen LogP contribution in [0.3, 0.4) is 0 Å². The third kappa shape index (κ3) is 3.74. The number of hydrogen-bond donors (Lipinski definition) is 1. The Morgan fingerprint density at radius 3 is 2.76 bits per heavy atom. The minimum Gasteiger partial charge on any atom is -0.454 e. The van der Waals surface area contributed by atoms with Gasteiger partial charge in [-0.2, -0.15) is 4.31 Å². The molecule has 1 saturated heterocycles. The highest BCUT2D eigenvalue weighted by molar-refractivity contribution is 7.88. The second-order valence-electron chi connectivity index (χ2n) is 7.20. The Kier molecular flexibility index (Phi) is 4.68. The Hall–Kier alpha value is -1.80. The highest BCUT2D eigenvalue weighted by Crippen LogP contribution is 2.36. The van der Waals surface area contributed by atoms with Crippen molar-refractivity contribution >= 4 is 15.9 Å². The van der Waals surface area contributed by atoms with Crippen LogP contribution in [0, 0.1) is 0 Å². The van der Waals surface area contributed by atoms with Crippen molar-refractivity contribution in [1.29, 1.82) is 0 Å². The Morgan fingerprint density at radius 1 is 1.32 bits per heavy atom. The molecule has 1 N–H and O–H groups in total. The highest BCUT2D eigenvalue weighted by Gasteiger charge is 2.37. The van der Waals surface area contributed by atoms with Gasteiger partial charge in [-0.25, -0.2) is 8.42 Å². The summed E-state index contributed by atoms with van der Waals surface area (Å²) >= 11 is 0. The van der Waals surface area contributed by atoms with Crippen molar-refractivity contribution < 1.29 is 22.7 Å². The molecule has 8 heteroatoms. The summed E-state index contributed by atoms with van der Waals surface area (Å²) in [6, 6.07) is 5.14. The zero-order valence-corrected chi connectivity index (χ0v) is 15.6. The summed E-state index contributed by atoms with van der Waals surface area (Å²) in [5.41, 5.74) is 0.689. The molecule has 0 bridgehead atoms. The summed E-state index contributed by atoms with van der Waals surface area (Å²) in [7, 11) is -3.37. The summed E-state index contributed by atoms with van der Waals surface area (Å²) in [6.07, 6.45) is 2.41. The molecule has 1 aromatic rings. The van der Waals surface area contributed by atoms with Crippen LogP contribution in [0.15, 0.2) is 18.2 Å². The van der Waals surface area contributed by atoms with Crippen LogP contribution in [0.1, 0.15) is 32.3 Å². The number of rotatable bonds is 5. The quantitative estimate of drug-likeness (QED) is 0.845. The number of hydrogen-bond acceptors (Lipinski definition) is 5. The maximum Gasteiger partial charge on any atom is 0.238 e. The van der Waals surface area contributed by atoms with Crippen LogP contribution < -0.4 is 14.8 Å². The van der Waals surface area contributed by atoms with E-state index in [0.717, 1.165) is 17.6 Å². The van der Waals surface area contributed by atoms with E-state index in [-0.39, 0.29) is 18.1 Å². The molecule has 2 aliphatic rings. The van der Waals surface area contributed by atoms with Crippen molar-refractivity contribution in [2.75, 3.05) is 26.1 Å². The topological polar surface area (TPSA) is 84.9 Å². The Bertz CT molecular complexity index is 775. The van der Waals surface area contributed by atoms with Gasteiger partial charge >= 0.3 is 0 Å². The largest absolute Gasteiger partial charge is 0.454 e. The molecule has 2 heterocycles. The fourth-order valence-electron chi connectivity index (χ4n) is 3.24.